The molecule has 5 nitrogen and oxygen atoms in total. The van der Waals surface area contributed by atoms with E-state index in [0.717, 1.165) is 5.56 Å². The lowest BCUT2D eigenvalue weighted by atomic mass is 10.1. The van der Waals surface area contributed by atoms with E-state index in [-0.39, 0.29) is 5.91 Å². The van der Waals surface area contributed by atoms with Crippen molar-refractivity contribution in [1.82, 2.24) is 4.90 Å². The smallest absolute Gasteiger partial charge is 0.254 e. The molecule has 2 rings (SSSR count). The van der Waals surface area contributed by atoms with Crippen LogP contribution >= 0.6 is 0 Å². The molecule has 90 valence electrons. The average Bonchev–Trinajstić information content (AvgIpc) is 2.40. The summed E-state index contributed by atoms with van der Waals surface area (Å²) in [6, 6.07) is 7.26. The molecule has 1 heterocycles. The third-order valence-electron chi connectivity index (χ3n) is 2.76. The number of hydrogen-bond acceptors (Lipinski definition) is 4. The fourth-order valence-electron chi connectivity index (χ4n) is 1.79. The van der Waals surface area contributed by atoms with Crippen molar-refractivity contribution in [3.8, 4) is 0 Å². The zero-order chi connectivity index (χ0) is 12.1. The second kappa shape index (κ2) is 5.54. The number of ether oxygens (including phenoxy) is 1. The second-order valence-corrected chi connectivity index (χ2v) is 3.92. The summed E-state index contributed by atoms with van der Waals surface area (Å²) in [4.78, 5) is 13.9. The monoisotopic (exact) mass is 233 g/mol. The first kappa shape index (κ1) is 11.7. The first-order chi connectivity index (χ1) is 8.31. The number of nitrogens with zero attached hydrogens (tertiary/aromatic N) is 2. The minimum absolute atomic E-state index is 0.0441. The molecule has 0 bridgehead atoms. The number of benzene rings is 1. The molecule has 0 aromatic heterocycles. The molecule has 0 unspecified atom stereocenters. The van der Waals surface area contributed by atoms with Crippen molar-refractivity contribution in [2.45, 2.75) is 6.54 Å². The highest BCUT2D eigenvalue weighted by Gasteiger charge is 2.17. The van der Waals surface area contributed by atoms with Gasteiger partial charge in [-0.05, 0) is 17.7 Å². The van der Waals surface area contributed by atoms with Crippen LogP contribution in [0.2, 0.25) is 0 Å². The summed E-state index contributed by atoms with van der Waals surface area (Å²) in [6.07, 6.45) is 0. The van der Waals surface area contributed by atoms with Gasteiger partial charge in [0.15, 0.2) is 0 Å². The van der Waals surface area contributed by atoms with Gasteiger partial charge in [-0.1, -0.05) is 12.1 Å². The molecule has 5 heteroatoms. The average molecular weight is 233 g/mol. The highest BCUT2D eigenvalue weighted by atomic mass is 16.5. The van der Waals surface area contributed by atoms with Crippen molar-refractivity contribution in [1.29, 1.82) is 5.53 Å². The van der Waals surface area contributed by atoms with Gasteiger partial charge < -0.3 is 9.64 Å². The number of amides is 1. The van der Waals surface area contributed by atoms with Gasteiger partial charge in [0.2, 0.25) is 0 Å². The molecule has 0 spiro atoms. The Morgan fingerprint density at radius 1 is 1.29 bits per heavy atom. The number of morpholine rings is 1. The van der Waals surface area contributed by atoms with Gasteiger partial charge in [-0.15, -0.1) is 0 Å². The van der Waals surface area contributed by atoms with E-state index in [1.54, 1.807) is 17.0 Å². The first-order valence-corrected chi connectivity index (χ1v) is 5.60. The lowest BCUT2D eigenvalue weighted by Crippen LogP contribution is -2.40. The third kappa shape index (κ3) is 2.88. The first-order valence-electron chi connectivity index (χ1n) is 5.60. The molecule has 1 N–H and O–H groups in total. The molecule has 0 radical (unpaired) electrons. The SMILES string of the molecule is N=NCc1ccc(C(=O)N2CCOCC2)cc1. The maximum atomic E-state index is 12.1. The summed E-state index contributed by atoms with van der Waals surface area (Å²) in [5.41, 5.74) is 8.40. The Kier molecular flexibility index (Phi) is 3.82. The van der Waals surface area contributed by atoms with Crippen molar-refractivity contribution < 1.29 is 9.53 Å². The van der Waals surface area contributed by atoms with Crippen LogP contribution in [-0.4, -0.2) is 37.1 Å². The van der Waals surface area contributed by atoms with Gasteiger partial charge in [-0.2, -0.15) is 5.11 Å². The summed E-state index contributed by atoms with van der Waals surface area (Å²) in [5, 5.41) is 3.31. The van der Waals surface area contributed by atoms with E-state index in [1.165, 1.54) is 0 Å². The fraction of sp³-hybridized carbons (Fsp3) is 0.417. The molecule has 17 heavy (non-hydrogen) atoms. The molecule has 1 amide bonds. The Morgan fingerprint density at radius 3 is 2.53 bits per heavy atom. The molecular weight excluding hydrogens is 218 g/mol. The minimum Gasteiger partial charge on any atom is -0.378 e. The quantitative estimate of drug-likeness (QED) is 0.807. The highest BCUT2D eigenvalue weighted by Crippen LogP contribution is 2.10. The van der Waals surface area contributed by atoms with Crippen LogP contribution in [0.15, 0.2) is 29.4 Å². The van der Waals surface area contributed by atoms with Crippen LogP contribution < -0.4 is 0 Å². The van der Waals surface area contributed by atoms with Gasteiger partial charge in [0.25, 0.3) is 5.91 Å². The Hall–Kier alpha value is -1.75. The van der Waals surface area contributed by atoms with E-state index < -0.39 is 0 Å². The van der Waals surface area contributed by atoms with Crippen LogP contribution in [0.4, 0.5) is 0 Å². The Balaban J connectivity index is 2.05. The standard InChI is InChI=1S/C12H15N3O2/c13-14-9-10-1-3-11(4-2-10)12(16)15-5-7-17-8-6-15/h1-4,13H,5-9H2. The highest BCUT2D eigenvalue weighted by molar-refractivity contribution is 5.94. The van der Waals surface area contributed by atoms with Gasteiger partial charge in [0.1, 0.15) is 0 Å². The predicted octanol–water partition coefficient (Wildman–Crippen LogP) is 1.69. The number of carbonyl (C=O) groups excluding carboxylic acids is 1. The van der Waals surface area contributed by atoms with Crippen molar-refractivity contribution in [3.63, 3.8) is 0 Å². The van der Waals surface area contributed by atoms with Crippen molar-refractivity contribution in [2.24, 2.45) is 5.11 Å². The lowest BCUT2D eigenvalue weighted by molar-refractivity contribution is 0.0303. The van der Waals surface area contributed by atoms with Crippen molar-refractivity contribution in [2.75, 3.05) is 26.3 Å². The molecule has 1 fully saturated rings. The predicted molar refractivity (Wildman–Crippen MR) is 62.0 cm³/mol. The molecule has 1 aliphatic heterocycles. The fourth-order valence-corrected chi connectivity index (χ4v) is 1.79. The van der Waals surface area contributed by atoms with Gasteiger partial charge >= 0.3 is 0 Å². The Labute approximate surface area is 99.9 Å². The van der Waals surface area contributed by atoms with Gasteiger partial charge in [0.05, 0.1) is 19.8 Å². The van der Waals surface area contributed by atoms with Crippen LogP contribution in [0, 0.1) is 5.53 Å². The van der Waals surface area contributed by atoms with E-state index in [2.05, 4.69) is 5.11 Å². The maximum absolute atomic E-state index is 12.1. The van der Waals surface area contributed by atoms with Crippen LogP contribution in [0.1, 0.15) is 15.9 Å². The van der Waals surface area contributed by atoms with Gasteiger partial charge in [0, 0.05) is 18.7 Å². The van der Waals surface area contributed by atoms with E-state index in [4.69, 9.17) is 10.3 Å². The number of carbonyl (C=O) groups is 1. The van der Waals surface area contributed by atoms with Gasteiger partial charge in [-0.3, -0.25) is 4.79 Å². The zero-order valence-electron chi connectivity index (χ0n) is 9.56. The van der Waals surface area contributed by atoms with E-state index in [9.17, 15) is 4.79 Å². The van der Waals surface area contributed by atoms with E-state index >= 15 is 0 Å². The summed E-state index contributed by atoms with van der Waals surface area (Å²) >= 11 is 0. The van der Waals surface area contributed by atoms with Crippen LogP contribution in [0.25, 0.3) is 0 Å². The van der Waals surface area contributed by atoms with Crippen LogP contribution in [-0.2, 0) is 11.3 Å². The van der Waals surface area contributed by atoms with Crippen molar-refractivity contribution in [3.05, 3.63) is 35.4 Å². The molecule has 0 saturated carbocycles. The lowest BCUT2D eigenvalue weighted by Gasteiger charge is -2.26. The van der Waals surface area contributed by atoms with E-state index in [1.807, 2.05) is 12.1 Å². The van der Waals surface area contributed by atoms with E-state index in [0.29, 0.717) is 38.4 Å². The Bertz CT molecular complexity index is 397. The summed E-state index contributed by atoms with van der Waals surface area (Å²) in [5.74, 6) is 0.0441. The number of rotatable bonds is 3. The second-order valence-electron chi connectivity index (χ2n) is 3.92. The van der Waals surface area contributed by atoms with Crippen LogP contribution in [0.3, 0.4) is 0 Å². The topological polar surface area (TPSA) is 65.8 Å². The molecule has 1 aromatic rings. The Morgan fingerprint density at radius 2 is 1.94 bits per heavy atom. The number of hydrogen-bond donors (Lipinski definition) is 1. The molecular formula is C12H15N3O2. The largest absolute Gasteiger partial charge is 0.378 e. The number of nitrogens with one attached hydrogen (secondary N) is 1. The molecule has 0 aliphatic carbocycles. The molecule has 1 aliphatic rings. The summed E-state index contributed by atoms with van der Waals surface area (Å²) in [6.45, 7) is 2.90. The summed E-state index contributed by atoms with van der Waals surface area (Å²) in [7, 11) is 0. The molecule has 0 atom stereocenters. The van der Waals surface area contributed by atoms with Crippen LogP contribution in [0.5, 0.6) is 0 Å². The molecule has 1 saturated heterocycles. The van der Waals surface area contributed by atoms with Crippen molar-refractivity contribution >= 4 is 5.91 Å². The third-order valence-corrected chi connectivity index (χ3v) is 2.76. The maximum Gasteiger partial charge on any atom is 0.254 e. The zero-order valence-corrected chi connectivity index (χ0v) is 9.56. The molecule has 1 aromatic carbocycles. The summed E-state index contributed by atoms with van der Waals surface area (Å²) < 4.78 is 5.21. The van der Waals surface area contributed by atoms with Gasteiger partial charge in [-0.25, -0.2) is 5.53 Å². The minimum atomic E-state index is 0.0441. The normalized spacial score (nSPS) is 15.6.